The highest BCUT2D eigenvalue weighted by Crippen LogP contribution is 2.32. The monoisotopic (exact) mass is 312 g/mol. The number of hydrogen-bond acceptors (Lipinski definition) is 2. The van der Waals surface area contributed by atoms with Crippen LogP contribution < -0.4 is 0 Å². The van der Waals surface area contributed by atoms with Crippen LogP contribution >= 0.6 is 0 Å². The average molecular weight is 313 g/mol. The Morgan fingerprint density at radius 2 is 1.18 bits per heavy atom. The normalized spacial score (nSPS) is 19.2. The highest BCUT2D eigenvalue weighted by atomic mass is 16.3. The summed E-state index contributed by atoms with van der Waals surface area (Å²) in [7, 11) is 0. The highest BCUT2D eigenvalue weighted by Gasteiger charge is 2.36. The Morgan fingerprint density at radius 1 is 0.727 bits per heavy atom. The van der Waals surface area contributed by atoms with Crippen LogP contribution in [-0.2, 0) is 0 Å². The van der Waals surface area contributed by atoms with Crippen molar-refractivity contribution in [2.75, 3.05) is 0 Å². The number of rotatable bonds is 13. The summed E-state index contributed by atoms with van der Waals surface area (Å²) in [6, 6.07) is 0. The first-order chi connectivity index (χ1) is 10.7. The van der Waals surface area contributed by atoms with E-state index in [9.17, 15) is 10.2 Å². The van der Waals surface area contributed by atoms with Gasteiger partial charge in [0.15, 0.2) is 0 Å². The molecule has 0 radical (unpaired) electrons. The van der Waals surface area contributed by atoms with E-state index in [1.165, 1.54) is 70.6 Å². The minimum absolute atomic E-state index is 0.494. The van der Waals surface area contributed by atoms with Crippen LogP contribution in [0.1, 0.15) is 116 Å². The van der Waals surface area contributed by atoms with E-state index in [1.54, 1.807) is 0 Å². The van der Waals surface area contributed by atoms with Crippen molar-refractivity contribution in [3.8, 4) is 0 Å². The molecular formula is C20H40O2. The molecule has 1 atom stereocenters. The van der Waals surface area contributed by atoms with Crippen LogP contribution in [0.4, 0.5) is 0 Å². The molecule has 0 bridgehead atoms. The topological polar surface area (TPSA) is 40.5 Å². The first-order valence-corrected chi connectivity index (χ1v) is 10.1. The van der Waals surface area contributed by atoms with Crippen LogP contribution in [0.15, 0.2) is 0 Å². The minimum atomic E-state index is -0.767. The summed E-state index contributed by atoms with van der Waals surface area (Å²) in [4.78, 5) is 0. The molecule has 1 fully saturated rings. The standard InChI is InChI=1S/C20H40O2/c1-2-3-4-5-6-7-8-9-10-11-13-16-19(21)20(22)17-14-12-15-18-20/h19,21-22H,2-18H2,1H3. The van der Waals surface area contributed by atoms with Crippen LogP contribution in [0.25, 0.3) is 0 Å². The van der Waals surface area contributed by atoms with Crippen LogP contribution in [0.3, 0.4) is 0 Å². The lowest BCUT2D eigenvalue weighted by atomic mass is 9.79. The van der Waals surface area contributed by atoms with Gasteiger partial charge in [0.05, 0.1) is 11.7 Å². The zero-order valence-corrected chi connectivity index (χ0v) is 15.0. The van der Waals surface area contributed by atoms with Crippen molar-refractivity contribution < 1.29 is 10.2 Å². The predicted molar refractivity (Wildman–Crippen MR) is 95.1 cm³/mol. The molecular weight excluding hydrogens is 272 g/mol. The Hall–Kier alpha value is -0.0800. The summed E-state index contributed by atoms with van der Waals surface area (Å²) in [6.07, 6.45) is 19.9. The van der Waals surface area contributed by atoms with Crippen LogP contribution in [0.5, 0.6) is 0 Å². The molecule has 0 spiro atoms. The second kappa shape index (κ2) is 12.4. The van der Waals surface area contributed by atoms with Crippen molar-refractivity contribution >= 4 is 0 Å². The van der Waals surface area contributed by atoms with Gasteiger partial charge in [0.25, 0.3) is 0 Å². The second-order valence-corrected chi connectivity index (χ2v) is 7.50. The molecule has 0 heterocycles. The van der Waals surface area contributed by atoms with E-state index in [1.807, 2.05) is 0 Å². The van der Waals surface area contributed by atoms with Crippen LogP contribution in [0.2, 0.25) is 0 Å². The number of hydrogen-bond donors (Lipinski definition) is 2. The van der Waals surface area contributed by atoms with Crippen molar-refractivity contribution in [2.45, 2.75) is 128 Å². The first-order valence-electron chi connectivity index (χ1n) is 10.1. The van der Waals surface area contributed by atoms with Gasteiger partial charge in [-0.2, -0.15) is 0 Å². The summed E-state index contributed by atoms with van der Waals surface area (Å²) in [6.45, 7) is 2.27. The van der Waals surface area contributed by atoms with Gasteiger partial charge >= 0.3 is 0 Å². The Balaban J connectivity index is 1.88. The highest BCUT2D eigenvalue weighted by molar-refractivity contribution is 4.88. The molecule has 1 aliphatic carbocycles. The largest absolute Gasteiger partial charge is 0.390 e. The van der Waals surface area contributed by atoms with E-state index in [2.05, 4.69) is 6.92 Å². The van der Waals surface area contributed by atoms with Crippen molar-refractivity contribution in [2.24, 2.45) is 0 Å². The van der Waals surface area contributed by atoms with E-state index < -0.39 is 11.7 Å². The number of aliphatic hydroxyl groups is 2. The lowest BCUT2D eigenvalue weighted by Gasteiger charge is -2.36. The van der Waals surface area contributed by atoms with Crippen LogP contribution in [-0.4, -0.2) is 21.9 Å². The van der Waals surface area contributed by atoms with Gasteiger partial charge in [0, 0.05) is 0 Å². The molecule has 132 valence electrons. The fourth-order valence-electron chi connectivity index (χ4n) is 3.77. The summed E-state index contributed by atoms with van der Waals surface area (Å²) < 4.78 is 0. The van der Waals surface area contributed by atoms with E-state index >= 15 is 0 Å². The summed E-state index contributed by atoms with van der Waals surface area (Å²) in [5, 5.41) is 20.7. The molecule has 2 N–H and O–H groups in total. The molecule has 22 heavy (non-hydrogen) atoms. The lowest BCUT2D eigenvalue weighted by Crippen LogP contribution is -2.43. The lowest BCUT2D eigenvalue weighted by molar-refractivity contribution is -0.100. The third kappa shape index (κ3) is 8.53. The molecule has 0 saturated heterocycles. The van der Waals surface area contributed by atoms with Gasteiger partial charge < -0.3 is 10.2 Å². The Bertz CT molecular complexity index is 246. The molecule has 0 aromatic heterocycles. The molecule has 2 heteroatoms. The number of aliphatic hydroxyl groups excluding tert-OH is 1. The zero-order chi connectivity index (χ0) is 16.1. The molecule has 0 amide bonds. The third-order valence-corrected chi connectivity index (χ3v) is 5.42. The zero-order valence-electron chi connectivity index (χ0n) is 15.0. The summed E-state index contributed by atoms with van der Waals surface area (Å²) in [5.74, 6) is 0. The molecule has 0 aromatic carbocycles. The smallest absolute Gasteiger partial charge is 0.0905 e. The van der Waals surface area contributed by atoms with Crippen molar-refractivity contribution in [1.29, 1.82) is 0 Å². The third-order valence-electron chi connectivity index (χ3n) is 5.42. The molecule has 1 unspecified atom stereocenters. The SMILES string of the molecule is CCCCCCCCCCCCCC(O)C1(O)CCCCC1. The summed E-state index contributed by atoms with van der Waals surface area (Å²) >= 11 is 0. The van der Waals surface area contributed by atoms with Gasteiger partial charge in [-0.15, -0.1) is 0 Å². The van der Waals surface area contributed by atoms with E-state index in [0.717, 1.165) is 38.5 Å². The van der Waals surface area contributed by atoms with Gasteiger partial charge in [-0.25, -0.2) is 0 Å². The fourth-order valence-corrected chi connectivity index (χ4v) is 3.77. The maximum absolute atomic E-state index is 10.5. The predicted octanol–water partition coefficient (Wildman–Crippen LogP) is 5.74. The molecule has 0 aromatic rings. The Morgan fingerprint density at radius 3 is 1.68 bits per heavy atom. The van der Waals surface area contributed by atoms with E-state index in [4.69, 9.17) is 0 Å². The minimum Gasteiger partial charge on any atom is -0.390 e. The van der Waals surface area contributed by atoms with Crippen molar-refractivity contribution in [3.05, 3.63) is 0 Å². The molecule has 1 aliphatic rings. The molecule has 0 aliphatic heterocycles. The van der Waals surface area contributed by atoms with E-state index in [-0.39, 0.29) is 0 Å². The number of unbranched alkanes of at least 4 members (excludes halogenated alkanes) is 10. The van der Waals surface area contributed by atoms with Gasteiger partial charge in [0.2, 0.25) is 0 Å². The van der Waals surface area contributed by atoms with Crippen molar-refractivity contribution in [3.63, 3.8) is 0 Å². The van der Waals surface area contributed by atoms with Gasteiger partial charge in [0.1, 0.15) is 0 Å². The van der Waals surface area contributed by atoms with Gasteiger partial charge in [-0.1, -0.05) is 96.8 Å². The van der Waals surface area contributed by atoms with Gasteiger partial charge in [-0.3, -0.25) is 0 Å². The first kappa shape index (κ1) is 20.0. The van der Waals surface area contributed by atoms with Crippen molar-refractivity contribution in [1.82, 2.24) is 0 Å². The van der Waals surface area contributed by atoms with E-state index in [0.29, 0.717) is 0 Å². The molecule has 1 rings (SSSR count). The fraction of sp³-hybridized carbons (Fsp3) is 1.00. The Kier molecular flexibility index (Phi) is 11.2. The molecule has 1 saturated carbocycles. The maximum Gasteiger partial charge on any atom is 0.0905 e. The maximum atomic E-state index is 10.5. The average Bonchev–Trinajstić information content (AvgIpc) is 2.53. The second-order valence-electron chi connectivity index (χ2n) is 7.50. The summed E-state index contributed by atoms with van der Waals surface area (Å²) in [5.41, 5.74) is -0.767. The van der Waals surface area contributed by atoms with Crippen LogP contribution in [0, 0.1) is 0 Å². The quantitative estimate of drug-likeness (QED) is 0.425. The molecule has 2 nitrogen and oxygen atoms in total. The van der Waals surface area contributed by atoms with Gasteiger partial charge in [-0.05, 0) is 19.3 Å². The Labute approximate surface area is 138 Å².